The zero-order chi connectivity index (χ0) is 10.5. The molecule has 0 aliphatic carbocycles. The summed E-state index contributed by atoms with van der Waals surface area (Å²) in [6.45, 7) is 0. The summed E-state index contributed by atoms with van der Waals surface area (Å²) >= 11 is 0. The Kier molecular flexibility index (Phi) is 2.79. The van der Waals surface area contributed by atoms with Gasteiger partial charge in [-0.05, 0) is 30.4 Å². The van der Waals surface area contributed by atoms with Crippen LogP contribution >= 0.6 is 0 Å². The molecule has 0 bridgehead atoms. The molecule has 2 heteroatoms. The lowest BCUT2D eigenvalue weighted by molar-refractivity contribution is 0.474. The number of aromatic nitrogens is 1. The van der Waals surface area contributed by atoms with E-state index in [1.807, 2.05) is 42.5 Å². The molecule has 1 aromatic heterocycles. The first-order valence-corrected chi connectivity index (χ1v) is 4.73. The maximum absolute atomic E-state index is 9.52. The molecule has 1 aromatic carbocycles. The Morgan fingerprint density at radius 1 is 0.933 bits per heavy atom. The van der Waals surface area contributed by atoms with Crippen molar-refractivity contribution in [1.29, 1.82) is 0 Å². The molecule has 0 amide bonds. The average molecular weight is 197 g/mol. The van der Waals surface area contributed by atoms with E-state index in [1.165, 1.54) is 0 Å². The molecule has 0 saturated heterocycles. The van der Waals surface area contributed by atoms with Gasteiger partial charge in [-0.25, -0.2) is 0 Å². The predicted octanol–water partition coefficient (Wildman–Crippen LogP) is 2.96. The zero-order valence-corrected chi connectivity index (χ0v) is 8.17. The number of nitrogens with zero attached hydrogens (tertiary/aromatic N) is 1. The largest absolute Gasteiger partial charge is 0.507 e. The van der Waals surface area contributed by atoms with Gasteiger partial charge in [-0.1, -0.05) is 24.3 Å². The van der Waals surface area contributed by atoms with Crippen LogP contribution in [0.15, 0.2) is 48.7 Å². The number of hydrogen-bond donors (Lipinski definition) is 1. The van der Waals surface area contributed by atoms with Crippen molar-refractivity contribution in [3.8, 4) is 5.75 Å². The van der Waals surface area contributed by atoms with Gasteiger partial charge >= 0.3 is 0 Å². The summed E-state index contributed by atoms with van der Waals surface area (Å²) in [5.41, 5.74) is 1.67. The quantitative estimate of drug-likeness (QED) is 0.802. The van der Waals surface area contributed by atoms with Crippen LogP contribution < -0.4 is 0 Å². The fraction of sp³-hybridized carbons (Fsp3) is 0. The van der Waals surface area contributed by atoms with Crippen LogP contribution in [0.2, 0.25) is 0 Å². The molecule has 0 radical (unpaired) electrons. The number of pyridine rings is 1. The van der Waals surface area contributed by atoms with Gasteiger partial charge in [-0.2, -0.15) is 0 Å². The van der Waals surface area contributed by atoms with Crippen LogP contribution in [0, 0.1) is 0 Å². The van der Waals surface area contributed by atoms with E-state index in [9.17, 15) is 5.11 Å². The molecule has 2 aromatic rings. The highest BCUT2D eigenvalue weighted by atomic mass is 16.3. The van der Waals surface area contributed by atoms with Crippen LogP contribution in [0.1, 0.15) is 11.3 Å². The molecule has 2 rings (SSSR count). The Labute approximate surface area is 88.5 Å². The van der Waals surface area contributed by atoms with Crippen molar-refractivity contribution in [3.63, 3.8) is 0 Å². The van der Waals surface area contributed by atoms with Crippen LogP contribution in [0.3, 0.4) is 0 Å². The molecule has 0 unspecified atom stereocenters. The fourth-order valence-electron chi connectivity index (χ4n) is 1.28. The van der Waals surface area contributed by atoms with Crippen molar-refractivity contribution in [2.24, 2.45) is 0 Å². The Morgan fingerprint density at radius 2 is 1.73 bits per heavy atom. The van der Waals surface area contributed by atoms with Crippen molar-refractivity contribution >= 4 is 12.2 Å². The molecule has 2 nitrogen and oxygen atoms in total. The Bertz CT molecular complexity index is 463. The van der Waals surface area contributed by atoms with Crippen LogP contribution in [-0.4, -0.2) is 10.1 Å². The zero-order valence-electron chi connectivity index (χ0n) is 8.17. The summed E-state index contributed by atoms with van der Waals surface area (Å²) in [4.78, 5) is 4.16. The molecule has 0 fully saturated rings. The van der Waals surface area contributed by atoms with Crippen molar-refractivity contribution in [3.05, 3.63) is 59.9 Å². The van der Waals surface area contributed by atoms with E-state index in [4.69, 9.17) is 0 Å². The van der Waals surface area contributed by atoms with E-state index in [1.54, 1.807) is 18.3 Å². The second kappa shape index (κ2) is 4.42. The predicted molar refractivity (Wildman–Crippen MR) is 61.3 cm³/mol. The monoisotopic (exact) mass is 197 g/mol. The highest BCUT2D eigenvalue weighted by Gasteiger charge is 1.93. The second-order valence-corrected chi connectivity index (χ2v) is 3.15. The summed E-state index contributed by atoms with van der Waals surface area (Å²) in [7, 11) is 0. The minimum Gasteiger partial charge on any atom is -0.507 e. The lowest BCUT2D eigenvalue weighted by Crippen LogP contribution is -1.77. The molecule has 74 valence electrons. The first-order valence-electron chi connectivity index (χ1n) is 4.73. The van der Waals surface area contributed by atoms with Gasteiger partial charge in [-0.15, -0.1) is 0 Å². The first kappa shape index (κ1) is 9.46. The molecular formula is C13H11NO. The molecule has 0 saturated carbocycles. The van der Waals surface area contributed by atoms with Crippen LogP contribution in [0.5, 0.6) is 5.75 Å². The van der Waals surface area contributed by atoms with Gasteiger partial charge in [0.1, 0.15) is 5.75 Å². The third-order valence-electron chi connectivity index (χ3n) is 2.06. The molecule has 0 atom stereocenters. The number of phenols is 1. The van der Waals surface area contributed by atoms with Gasteiger partial charge in [0.15, 0.2) is 0 Å². The number of phenolic OH excluding ortho intramolecular Hbond substituents is 1. The molecule has 0 aliphatic heterocycles. The number of rotatable bonds is 2. The van der Waals surface area contributed by atoms with E-state index in [0.717, 1.165) is 11.3 Å². The minimum absolute atomic E-state index is 0.282. The minimum atomic E-state index is 0.282. The van der Waals surface area contributed by atoms with Crippen LogP contribution in [0.4, 0.5) is 0 Å². The summed E-state index contributed by atoms with van der Waals surface area (Å²) in [5, 5.41) is 9.52. The third-order valence-corrected chi connectivity index (χ3v) is 2.06. The number of hydrogen-bond acceptors (Lipinski definition) is 2. The van der Waals surface area contributed by atoms with Gasteiger partial charge in [0.25, 0.3) is 0 Å². The summed E-state index contributed by atoms with van der Waals surface area (Å²) in [6, 6.07) is 12.9. The van der Waals surface area contributed by atoms with Gasteiger partial charge in [0.05, 0.1) is 5.69 Å². The lowest BCUT2D eigenvalue weighted by atomic mass is 10.2. The summed E-state index contributed by atoms with van der Waals surface area (Å²) < 4.78 is 0. The first-order chi connectivity index (χ1) is 7.36. The standard InChI is InChI=1S/C13H11NO/c15-13-7-2-1-5-11(13)8-9-12-6-3-4-10-14-12/h1-10,15H. The molecular weight excluding hydrogens is 186 g/mol. The maximum Gasteiger partial charge on any atom is 0.122 e. The van der Waals surface area contributed by atoms with E-state index >= 15 is 0 Å². The van der Waals surface area contributed by atoms with E-state index in [2.05, 4.69) is 4.98 Å². The smallest absolute Gasteiger partial charge is 0.122 e. The van der Waals surface area contributed by atoms with Gasteiger partial charge in [0, 0.05) is 11.8 Å². The summed E-state index contributed by atoms with van der Waals surface area (Å²) in [6.07, 6.45) is 5.46. The van der Waals surface area contributed by atoms with E-state index in [-0.39, 0.29) is 5.75 Å². The highest BCUT2D eigenvalue weighted by Crippen LogP contribution is 2.17. The van der Waals surface area contributed by atoms with E-state index in [0.29, 0.717) is 0 Å². The maximum atomic E-state index is 9.52. The van der Waals surface area contributed by atoms with Crippen molar-refractivity contribution < 1.29 is 5.11 Å². The third kappa shape index (κ3) is 2.44. The Morgan fingerprint density at radius 3 is 2.47 bits per heavy atom. The van der Waals surface area contributed by atoms with Gasteiger partial charge < -0.3 is 5.11 Å². The molecule has 1 N–H and O–H groups in total. The molecule has 0 spiro atoms. The lowest BCUT2D eigenvalue weighted by Gasteiger charge is -1.96. The van der Waals surface area contributed by atoms with Gasteiger partial charge in [-0.3, -0.25) is 4.98 Å². The molecule has 15 heavy (non-hydrogen) atoms. The molecule has 1 heterocycles. The molecule has 0 aliphatic rings. The summed E-state index contributed by atoms with van der Waals surface area (Å²) in [5.74, 6) is 0.282. The van der Waals surface area contributed by atoms with E-state index < -0.39 is 0 Å². The van der Waals surface area contributed by atoms with Gasteiger partial charge in [0.2, 0.25) is 0 Å². The Hall–Kier alpha value is -2.09. The normalized spacial score (nSPS) is 10.7. The number of para-hydroxylation sites is 1. The Balaban J connectivity index is 2.23. The SMILES string of the molecule is Oc1ccccc1C=Cc1ccccn1. The van der Waals surface area contributed by atoms with Crippen LogP contribution in [0.25, 0.3) is 12.2 Å². The fourth-order valence-corrected chi connectivity index (χ4v) is 1.28. The topological polar surface area (TPSA) is 33.1 Å². The van der Waals surface area contributed by atoms with Crippen molar-refractivity contribution in [2.75, 3.05) is 0 Å². The van der Waals surface area contributed by atoms with Crippen molar-refractivity contribution in [1.82, 2.24) is 4.98 Å². The number of benzene rings is 1. The second-order valence-electron chi connectivity index (χ2n) is 3.15. The number of aromatic hydroxyl groups is 1. The average Bonchev–Trinajstić information content (AvgIpc) is 2.29. The van der Waals surface area contributed by atoms with Crippen LogP contribution in [-0.2, 0) is 0 Å². The van der Waals surface area contributed by atoms with Crippen molar-refractivity contribution in [2.45, 2.75) is 0 Å². The highest BCUT2D eigenvalue weighted by molar-refractivity contribution is 5.70.